The van der Waals surface area contributed by atoms with Gasteiger partial charge < -0.3 is 10.3 Å². The zero-order valence-electron chi connectivity index (χ0n) is 17.0. The number of aromatic amines is 1. The molecule has 3 aromatic rings. The van der Waals surface area contributed by atoms with E-state index in [-0.39, 0.29) is 35.6 Å². The third-order valence-electron chi connectivity index (χ3n) is 4.60. The molecule has 0 bridgehead atoms. The number of hydrogen-bond acceptors (Lipinski definition) is 6. The van der Waals surface area contributed by atoms with Crippen LogP contribution in [0.5, 0.6) is 0 Å². The van der Waals surface area contributed by atoms with Crippen LogP contribution in [0, 0.1) is 0 Å². The topological polar surface area (TPSA) is 136 Å². The Labute approximate surface area is 176 Å². The maximum atomic E-state index is 13.2. The molecule has 12 heteroatoms. The second-order valence-electron chi connectivity index (χ2n) is 6.92. The van der Waals surface area contributed by atoms with Gasteiger partial charge in [-0.3, -0.25) is 18.7 Å². The van der Waals surface area contributed by atoms with Gasteiger partial charge in [-0.2, -0.15) is 8.42 Å². The summed E-state index contributed by atoms with van der Waals surface area (Å²) in [7, 11) is -4.94. The van der Waals surface area contributed by atoms with Crippen LogP contribution in [-0.4, -0.2) is 33.4 Å². The Hall–Kier alpha value is -3.28. The fourth-order valence-electron chi connectivity index (χ4n) is 3.20. The van der Waals surface area contributed by atoms with Crippen LogP contribution in [-0.2, 0) is 29.9 Å². The van der Waals surface area contributed by atoms with E-state index >= 15 is 0 Å². The molecule has 0 aliphatic heterocycles. The number of rotatable bonds is 8. The molecule has 0 spiro atoms. The average molecular weight is 451 g/mol. The zero-order valence-corrected chi connectivity index (χ0v) is 17.8. The molecule has 2 aromatic heterocycles. The first-order chi connectivity index (χ1) is 14.7. The summed E-state index contributed by atoms with van der Waals surface area (Å²) in [6.45, 7) is 4.29. The van der Waals surface area contributed by atoms with E-state index in [0.717, 1.165) is 16.7 Å². The molecule has 10 nitrogen and oxygen atoms in total. The van der Waals surface area contributed by atoms with Gasteiger partial charge in [0, 0.05) is 18.7 Å². The number of aromatic nitrogens is 4. The van der Waals surface area contributed by atoms with Crippen molar-refractivity contribution in [3.8, 4) is 0 Å². The molecular formula is C19H22FN5O5S. The Morgan fingerprint density at radius 3 is 2.48 bits per heavy atom. The number of nitrogens with one attached hydrogen (secondary N) is 2. The van der Waals surface area contributed by atoms with E-state index in [1.165, 1.54) is 16.7 Å². The highest BCUT2D eigenvalue weighted by molar-refractivity contribution is 7.86. The fourth-order valence-corrected chi connectivity index (χ4v) is 3.71. The van der Waals surface area contributed by atoms with E-state index in [1.807, 2.05) is 13.8 Å². The predicted octanol–water partition coefficient (Wildman–Crippen LogP) is 1.29. The molecule has 0 aliphatic rings. The Morgan fingerprint density at radius 1 is 1.16 bits per heavy atom. The lowest BCUT2D eigenvalue weighted by Crippen LogP contribution is -2.40. The average Bonchev–Trinajstić information content (AvgIpc) is 3.16. The number of amides is 1. The first kappa shape index (κ1) is 22.4. The van der Waals surface area contributed by atoms with Crippen LogP contribution < -0.4 is 16.6 Å². The van der Waals surface area contributed by atoms with Crippen molar-refractivity contribution in [2.24, 2.45) is 0 Å². The van der Waals surface area contributed by atoms with Gasteiger partial charge in [0.2, 0.25) is 0 Å². The third-order valence-corrected chi connectivity index (χ3v) is 5.42. The first-order valence-corrected chi connectivity index (χ1v) is 11.1. The van der Waals surface area contributed by atoms with Gasteiger partial charge in [-0.15, -0.1) is 3.89 Å². The van der Waals surface area contributed by atoms with Crippen molar-refractivity contribution < 1.29 is 17.1 Å². The maximum absolute atomic E-state index is 13.2. The van der Waals surface area contributed by atoms with Crippen LogP contribution in [0.3, 0.4) is 0 Å². The van der Waals surface area contributed by atoms with E-state index in [9.17, 15) is 26.7 Å². The van der Waals surface area contributed by atoms with Crippen LogP contribution in [0.4, 0.5) is 3.89 Å². The Kier molecular flexibility index (Phi) is 6.39. The van der Waals surface area contributed by atoms with E-state index in [2.05, 4.69) is 15.3 Å². The molecule has 1 aromatic carbocycles. The lowest BCUT2D eigenvalue weighted by atomic mass is 10.2. The van der Waals surface area contributed by atoms with Gasteiger partial charge in [0.1, 0.15) is 11.3 Å². The highest BCUT2D eigenvalue weighted by Gasteiger charge is 2.18. The van der Waals surface area contributed by atoms with Crippen molar-refractivity contribution in [3.05, 3.63) is 56.5 Å². The third kappa shape index (κ3) is 4.58. The number of imidazole rings is 1. The van der Waals surface area contributed by atoms with E-state index < -0.39 is 32.3 Å². The number of H-pyrrole nitrogens is 1. The highest BCUT2D eigenvalue weighted by atomic mass is 32.3. The van der Waals surface area contributed by atoms with Gasteiger partial charge in [0.05, 0.1) is 11.4 Å². The summed E-state index contributed by atoms with van der Waals surface area (Å²) in [6.07, 6.45) is 1.27. The smallest absolute Gasteiger partial charge is 0.332 e. The van der Waals surface area contributed by atoms with Gasteiger partial charge in [-0.25, -0.2) is 9.78 Å². The molecule has 0 saturated heterocycles. The molecule has 0 saturated carbocycles. The summed E-state index contributed by atoms with van der Waals surface area (Å²) in [4.78, 5) is 44.3. The number of benzene rings is 1. The normalized spacial score (nSPS) is 11.7. The second kappa shape index (κ2) is 8.84. The standard InChI is InChI=1S/C19H22FN5O5S/c1-3-8-24-16-15(18(27)25(9-4-2)19(24)28)22-14(23-16)11-21-17(26)12-6-5-7-13(10-12)31(20,29)30/h5-7,10H,3-4,8-9,11H2,1-2H3,(H,21,26)(H,22,23). The minimum absolute atomic E-state index is 0.0528. The lowest BCUT2D eigenvalue weighted by molar-refractivity contribution is 0.0949. The minimum atomic E-state index is -4.94. The monoisotopic (exact) mass is 451 g/mol. The number of halogens is 1. The van der Waals surface area contributed by atoms with Gasteiger partial charge in [0.15, 0.2) is 5.65 Å². The lowest BCUT2D eigenvalue weighted by Gasteiger charge is -2.09. The van der Waals surface area contributed by atoms with Crippen molar-refractivity contribution in [3.63, 3.8) is 0 Å². The van der Waals surface area contributed by atoms with Gasteiger partial charge in [-0.05, 0) is 31.0 Å². The number of nitrogens with zero attached hydrogens (tertiary/aromatic N) is 3. The first-order valence-electron chi connectivity index (χ1n) is 9.72. The molecule has 0 radical (unpaired) electrons. The summed E-state index contributed by atoms with van der Waals surface area (Å²) in [6, 6.07) is 4.55. The molecule has 1 amide bonds. The Morgan fingerprint density at radius 2 is 1.84 bits per heavy atom. The molecule has 0 unspecified atom stereocenters. The van der Waals surface area contributed by atoms with Crippen molar-refractivity contribution in [2.75, 3.05) is 0 Å². The van der Waals surface area contributed by atoms with Crippen LogP contribution in [0.2, 0.25) is 0 Å². The molecule has 166 valence electrons. The molecule has 0 atom stereocenters. The largest absolute Gasteiger partial charge is 0.345 e. The number of carbonyl (C=O) groups excluding carboxylic acids is 1. The molecule has 0 fully saturated rings. The molecule has 2 N–H and O–H groups in total. The van der Waals surface area contributed by atoms with Crippen molar-refractivity contribution in [2.45, 2.75) is 51.2 Å². The maximum Gasteiger partial charge on any atom is 0.332 e. The van der Waals surface area contributed by atoms with E-state index in [0.29, 0.717) is 19.4 Å². The number of aryl methyl sites for hydroxylation is 1. The summed E-state index contributed by atoms with van der Waals surface area (Å²) >= 11 is 0. The number of fused-ring (bicyclic) bond motifs is 1. The van der Waals surface area contributed by atoms with Crippen LogP contribution in [0.15, 0.2) is 38.8 Å². The quantitative estimate of drug-likeness (QED) is 0.496. The molecule has 3 rings (SSSR count). The number of hydrogen-bond donors (Lipinski definition) is 2. The highest BCUT2D eigenvalue weighted by Crippen LogP contribution is 2.14. The molecule has 31 heavy (non-hydrogen) atoms. The van der Waals surface area contributed by atoms with Crippen LogP contribution >= 0.6 is 0 Å². The van der Waals surface area contributed by atoms with E-state index in [4.69, 9.17) is 0 Å². The predicted molar refractivity (Wildman–Crippen MR) is 111 cm³/mol. The zero-order chi connectivity index (χ0) is 22.8. The number of carbonyl (C=O) groups is 1. The van der Waals surface area contributed by atoms with E-state index in [1.54, 1.807) is 0 Å². The minimum Gasteiger partial charge on any atom is -0.345 e. The SMILES string of the molecule is CCCn1c(=O)c2[nH]c(CNC(=O)c3cccc(S(=O)(=O)F)c3)nc2n(CCC)c1=O. The Balaban J connectivity index is 1.92. The van der Waals surface area contributed by atoms with Crippen molar-refractivity contribution >= 4 is 27.3 Å². The van der Waals surface area contributed by atoms with Gasteiger partial charge >= 0.3 is 15.9 Å². The summed E-state index contributed by atoms with van der Waals surface area (Å²) in [5, 5.41) is 2.53. The van der Waals surface area contributed by atoms with Crippen LogP contribution in [0.25, 0.3) is 11.2 Å². The molecular weight excluding hydrogens is 429 g/mol. The van der Waals surface area contributed by atoms with Crippen LogP contribution in [0.1, 0.15) is 42.9 Å². The Bertz CT molecular complexity index is 1360. The van der Waals surface area contributed by atoms with Crippen molar-refractivity contribution in [1.82, 2.24) is 24.4 Å². The summed E-state index contributed by atoms with van der Waals surface area (Å²) < 4.78 is 37.8. The summed E-state index contributed by atoms with van der Waals surface area (Å²) in [5.41, 5.74) is -0.606. The second-order valence-corrected chi connectivity index (χ2v) is 8.27. The molecule has 2 heterocycles. The molecule has 0 aliphatic carbocycles. The fraction of sp³-hybridized carbons (Fsp3) is 0.368. The van der Waals surface area contributed by atoms with Gasteiger partial charge in [-0.1, -0.05) is 19.9 Å². The summed E-state index contributed by atoms with van der Waals surface area (Å²) in [5.74, 6) is -0.409. The van der Waals surface area contributed by atoms with Gasteiger partial charge in [0.25, 0.3) is 11.5 Å². The van der Waals surface area contributed by atoms with Crippen molar-refractivity contribution in [1.29, 1.82) is 0 Å².